The van der Waals surface area contributed by atoms with Crippen molar-refractivity contribution in [3.8, 4) is 0 Å². The molecule has 0 bridgehead atoms. The highest BCUT2D eigenvalue weighted by Crippen LogP contribution is 2.25. The van der Waals surface area contributed by atoms with E-state index in [0.717, 1.165) is 12.5 Å². The summed E-state index contributed by atoms with van der Waals surface area (Å²) < 4.78 is 9.85. The number of aliphatic hydroxyl groups is 1. The molecule has 1 heterocycles. The fraction of sp³-hybridized carbons (Fsp3) is 0.625. The van der Waals surface area contributed by atoms with E-state index in [1.807, 2.05) is 6.92 Å². The van der Waals surface area contributed by atoms with E-state index >= 15 is 0 Å². The Bertz CT molecular complexity index is 221. The van der Waals surface area contributed by atoms with Gasteiger partial charge >= 0.3 is 5.97 Å². The predicted molar refractivity (Wildman–Crippen MR) is 41.2 cm³/mol. The molecule has 1 rings (SSSR count). The fourth-order valence-electron chi connectivity index (χ4n) is 1.17. The molecule has 0 spiro atoms. The molecule has 0 aromatic heterocycles. The van der Waals surface area contributed by atoms with E-state index in [-0.39, 0.29) is 5.95 Å². The molecular formula is C8H12O4. The van der Waals surface area contributed by atoms with Crippen molar-refractivity contribution in [3.63, 3.8) is 0 Å². The lowest BCUT2D eigenvalue weighted by molar-refractivity contribution is -0.230. The predicted octanol–water partition coefficient (Wildman–Crippen LogP) is 1.48. The van der Waals surface area contributed by atoms with Gasteiger partial charge < -0.3 is 14.6 Å². The van der Waals surface area contributed by atoms with Crippen molar-refractivity contribution in [2.24, 2.45) is 0 Å². The molecule has 4 nitrogen and oxygen atoms in total. The first-order valence-corrected chi connectivity index (χ1v) is 3.88. The molecule has 12 heavy (non-hydrogen) atoms. The van der Waals surface area contributed by atoms with Gasteiger partial charge in [-0.2, -0.15) is 0 Å². The Morgan fingerprint density at radius 1 is 1.58 bits per heavy atom. The SMILES string of the molecule is CCCC1(C)OC(=O)C=C(O)O1. The largest absolute Gasteiger partial charge is 0.481 e. The molecule has 0 aromatic rings. The van der Waals surface area contributed by atoms with E-state index < -0.39 is 11.8 Å². The summed E-state index contributed by atoms with van der Waals surface area (Å²) in [4.78, 5) is 10.8. The summed E-state index contributed by atoms with van der Waals surface area (Å²) in [6.07, 6.45) is 2.30. The molecule has 1 aliphatic rings. The van der Waals surface area contributed by atoms with Gasteiger partial charge in [-0.1, -0.05) is 6.92 Å². The van der Waals surface area contributed by atoms with Crippen molar-refractivity contribution in [1.82, 2.24) is 0 Å². The van der Waals surface area contributed by atoms with E-state index in [1.165, 1.54) is 0 Å². The van der Waals surface area contributed by atoms with Gasteiger partial charge in [0.2, 0.25) is 0 Å². The number of carbonyl (C=O) groups is 1. The molecule has 1 aliphatic heterocycles. The maximum atomic E-state index is 10.8. The first-order valence-electron chi connectivity index (χ1n) is 3.88. The maximum absolute atomic E-state index is 10.8. The lowest BCUT2D eigenvalue weighted by atomic mass is 10.2. The van der Waals surface area contributed by atoms with Crippen LogP contribution in [0, 0.1) is 0 Å². The molecule has 4 heteroatoms. The van der Waals surface area contributed by atoms with Crippen molar-refractivity contribution in [1.29, 1.82) is 0 Å². The van der Waals surface area contributed by atoms with Crippen molar-refractivity contribution in [3.05, 3.63) is 12.0 Å². The molecule has 0 saturated carbocycles. The van der Waals surface area contributed by atoms with Crippen molar-refractivity contribution in [2.75, 3.05) is 0 Å². The average molecular weight is 172 g/mol. The van der Waals surface area contributed by atoms with Gasteiger partial charge in [0.05, 0.1) is 0 Å². The van der Waals surface area contributed by atoms with Crippen LogP contribution in [0.3, 0.4) is 0 Å². The molecule has 0 saturated heterocycles. The van der Waals surface area contributed by atoms with Gasteiger partial charge in [0.15, 0.2) is 0 Å². The lowest BCUT2D eigenvalue weighted by Crippen LogP contribution is -2.37. The smallest absolute Gasteiger partial charge is 0.341 e. The van der Waals surface area contributed by atoms with Crippen LogP contribution in [-0.2, 0) is 14.3 Å². The van der Waals surface area contributed by atoms with Crippen molar-refractivity contribution in [2.45, 2.75) is 32.5 Å². The summed E-state index contributed by atoms with van der Waals surface area (Å²) in [5, 5.41) is 8.98. The highest BCUT2D eigenvalue weighted by atomic mass is 16.8. The third-order valence-electron chi connectivity index (χ3n) is 1.58. The molecule has 0 aromatic carbocycles. The Morgan fingerprint density at radius 2 is 2.25 bits per heavy atom. The molecule has 1 unspecified atom stereocenters. The second-order valence-electron chi connectivity index (χ2n) is 2.89. The summed E-state index contributed by atoms with van der Waals surface area (Å²) >= 11 is 0. The molecule has 1 N–H and O–H groups in total. The van der Waals surface area contributed by atoms with Crippen LogP contribution in [-0.4, -0.2) is 16.9 Å². The summed E-state index contributed by atoms with van der Waals surface area (Å²) in [6.45, 7) is 3.56. The molecule has 0 radical (unpaired) electrons. The minimum atomic E-state index is -0.995. The van der Waals surface area contributed by atoms with Crippen LogP contribution in [0.15, 0.2) is 12.0 Å². The number of esters is 1. The van der Waals surface area contributed by atoms with Gasteiger partial charge in [-0.3, -0.25) is 0 Å². The van der Waals surface area contributed by atoms with Crippen LogP contribution < -0.4 is 0 Å². The summed E-state index contributed by atoms with van der Waals surface area (Å²) in [5.41, 5.74) is 0. The van der Waals surface area contributed by atoms with Gasteiger partial charge in [-0.05, 0) is 6.42 Å². The van der Waals surface area contributed by atoms with Crippen molar-refractivity contribution < 1.29 is 19.4 Å². The van der Waals surface area contributed by atoms with Gasteiger partial charge in [0.25, 0.3) is 11.7 Å². The van der Waals surface area contributed by atoms with E-state index in [2.05, 4.69) is 0 Å². The van der Waals surface area contributed by atoms with Crippen molar-refractivity contribution >= 4 is 5.97 Å². The molecule has 0 aliphatic carbocycles. The van der Waals surface area contributed by atoms with Crippen LogP contribution in [0.5, 0.6) is 0 Å². The second-order valence-corrected chi connectivity index (χ2v) is 2.89. The quantitative estimate of drug-likeness (QED) is 0.641. The van der Waals surface area contributed by atoms with Crippen LogP contribution in [0.1, 0.15) is 26.7 Å². The first kappa shape index (κ1) is 8.90. The average Bonchev–Trinajstić information content (AvgIpc) is 1.82. The monoisotopic (exact) mass is 172 g/mol. The molecule has 68 valence electrons. The molecule has 0 fully saturated rings. The number of aliphatic hydroxyl groups excluding tert-OH is 1. The van der Waals surface area contributed by atoms with E-state index in [0.29, 0.717) is 6.42 Å². The third-order valence-corrected chi connectivity index (χ3v) is 1.58. The topological polar surface area (TPSA) is 55.8 Å². The second kappa shape index (κ2) is 3.05. The highest BCUT2D eigenvalue weighted by Gasteiger charge is 2.34. The Kier molecular flexibility index (Phi) is 2.26. The molecule has 1 atom stereocenters. The van der Waals surface area contributed by atoms with E-state index in [9.17, 15) is 4.79 Å². The Morgan fingerprint density at radius 3 is 2.75 bits per heavy atom. The zero-order valence-electron chi connectivity index (χ0n) is 7.16. The summed E-state index contributed by atoms with van der Waals surface area (Å²) in [5.74, 6) is -1.93. The fourth-order valence-corrected chi connectivity index (χ4v) is 1.17. The highest BCUT2D eigenvalue weighted by molar-refractivity contribution is 5.83. The van der Waals surface area contributed by atoms with E-state index in [4.69, 9.17) is 14.6 Å². The number of cyclic esters (lactones) is 1. The minimum absolute atomic E-state index is 0.373. The van der Waals surface area contributed by atoms with Gasteiger partial charge in [0.1, 0.15) is 6.08 Å². The zero-order chi connectivity index (χ0) is 9.19. The van der Waals surface area contributed by atoms with Crippen LogP contribution in [0.25, 0.3) is 0 Å². The molecular weight excluding hydrogens is 160 g/mol. The zero-order valence-corrected chi connectivity index (χ0v) is 7.16. The van der Waals surface area contributed by atoms with Gasteiger partial charge in [-0.25, -0.2) is 4.79 Å². The maximum Gasteiger partial charge on any atom is 0.341 e. The number of hydrogen-bond acceptors (Lipinski definition) is 4. The van der Waals surface area contributed by atoms with Crippen LogP contribution in [0.2, 0.25) is 0 Å². The van der Waals surface area contributed by atoms with Gasteiger partial charge in [-0.15, -0.1) is 0 Å². The first-order chi connectivity index (χ1) is 5.56. The Labute approximate surface area is 70.8 Å². The standard InChI is InChI=1S/C8H12O4/c1-3-4-8(2)11-6(9)5-7(10)12-8/h5,9H,3-4H2,1-2H3. The third kappa shape index (κ3) is 1.90. The summed E-state index contributed by atoms with van der Waals surface area (Å²) in [7, 11) is 0. The van der Waals surface area contributed by atoms with Crippen LogP contribution in [0.4, 0.5) is 0 Å². The molecule has 0 amide bonds. The number of rotatable bonds is 2. The Balaban J connectivity index is 2.71. The van der Waals surface area contributed by atoms with Gasteiger partial charge in [0, 0.05) is 13.3 Å². The normalized spacial score (nSPS) is 28.8. The number of carbonyl (C=O) groups excluding carboxylic acids is 1. The van der Waals surface area contributed by atoms with Crippen LogP contribution >= 0.6 is 0 Å². The minimum Gasteiger partial charge on any atom is -0.481 e. The summed E-state index contributed by atoms with van der Waals surface area (Å²) in [6, 6.07) is 0. The number of ether oxygens (including phenoxy) is 2. The van der Waals surface area contributed by atoms with E-state index in [1.54, 1.807) is 6.92 Å². The number of hydrogen-bond donors (Lipinski definition) is 1. The lowest BCUT2D eigenvalue weighted by Gasteiger charge is -2.31. The Hall–Kier alpha value is -1.19.